The molecule has 1 unspecified atom stereocenters. The van der Waals surface area contributed by atoms with Gasteiger partial charge < -0.3 is 15.2 Å². The van der Waals surface area contributed by atoms with E-state index in [9.17, 15) is 19.7 Å². The summed E-state index contributed by atoms with van der Waals surface area (Å²) in [6, 6.07) is 2.12. The Morgan fingerprint density at radius 3 is 2.70 bits per heavy atom. The Balaban J connectivity index is 3.05. The second-order valence-electron chi connectivity index (χ2n) is 3.74. The van der Waals surface area contributed by atoms with Crippen LogP contribution in [0, 0.1) is 10.1 Å². The van der Waals surface area contributed by atoms with Gasteiger partial charge in [0.15, 0.2) is 6.04 Å². The van der Waals surface area contributed by atoms with Gasteiger partial charge >= 0.3 is 5.97 Å². The molecule has 0 aliphatic heterocycles. The monoisotopic (exact) mass is 302 g/mol. The minimum atomic E-state index is -1.31. The quantitative estimate of drug-likeness (QED) is 0.599. The summed E-state index contributed by atoms with van der Waals surface area (Å²) in [7, 11) is 1.27. The molecule has 0 bridgehead atoms. The zero-order chi connectivity index (χ0) is 15.3. The summed E-state index contributed by atoms with van der Waals surface area (Å²) in [5, 5.41) is 22.0. The zero-order valence-corrected chi connectivity index (χ0v) is 11.1. The van der Waals surface area contributed by atoms with Crippen molar-refractivity contribution >= 4 is 29.2 Å². The first kappa shape index (κ1) is 15.9. The molecule has 8 nitrogen and oxygen atoms in total. The third kappa shape index (κ3) is 3.90. The van der Waals surface area contributed by atoms with E-state index < -0.39 is 28.5 Å². The van der Waals surface area contributed by atoms with Gasteiger partial charge in [-0.3, -0.25) is 14.9 Å². The Morgan fingerprint density at radius 2 is 2.20 bits per heavy atom. The van der Waals surface area contributed by atoms with Crippen molar-refractivity contribution in [1.29, 1.82) is 0 Å². The summed E-state index contributed by atoms with van der Waals surface area (Å²) < 4.78 is 4.65. The molecule has 0 saturated heterocycles. The van der Waals surface area contributed by atoms with Crippen LogP contribution in [0.4, 0.5) is 5.69 Å². The summed E-state index contributed by atoms with van der Waals surface area (Å²) >= 11 is 5.68. The van der Waals surface area contributed by atoms with E-state index >= 15 is 0 Å². The molecule has 20 heavy (non-hydrogen) atoms. The number of halogens is 1. The molecule has 0 radical (unpaired) electrons. The van der Waals surface area contributed by atoms with Crippen molar-refractivity contribution in [1.82, 2.24) is 5.32 Å². The van der Waals surface area contributed by atoms with Gasteiger partial charge in [-0.2, -0.15) is 0 Å². The third-order valence-corrected chi connectivity index (χ3v) is 2.57. The number of hydrogen-bond acceptors (Lipinski definition) is 5. The van der Waals surface area contributed by atoms with Gasteiger partial charge in [-0.25, -0.2) is 4.79 Å². The summed E-state index contributed by atoms with van der Waals surface area (Å²) in [5.41, 5.74) is -0.779. The molecule has 0 aliphatic carbocycles. The lowest BCUT2D eigenvalue weighted by atomic mass is 10.1. The van der Waals surface area contributed by atoms with Gasteiger partial charge in [-0.1, -0.05) is 11.6 Å². The van der Waals surface area contributed by atoms with Crippen molar-refractivity contribution in [2.75, 3.05) is 13.7 Å². The second kappa shape index (κ2) is 6.83. The van der Waals surface area contributed by atoms with Crippen LogP contribution in [0.5, 0.6) is 0 Å². The maximum Gasteiger partial charge on any atom is 0.328 e. The predicted molar refractivity (Wildman–Crippen MR) is 68.9 cm³/mol. The Morgan fingerprint density at radius 1 is 1.55 bits per heavy atom. The zero-order valence-electron chi connectivity index (χ0n) is 10.3. The molecule has 2 N–H and O–H groups in total. The molecule has 1 rings (SSSR count). The van der Waals surface area contributed by atoms with E-state index in [0.717, 1.165) is 12.1 Å². The lowest BCUT2D eigenvalue weighted by molar-refractivity contribution is -0.385. The van der Waals surface area contributed by atoms with Crippen molar-refractivity contribution in [3.8, 4) is 0 Å². The Labute approximate surface area is 118 Å². The summed E-state index contributed by atoms with van der Waals surface area (Å²) in [4.78, 5) is 32.9. The fraction of sp³-hybridized carbons (Fsp3) is 0.273. The molecular formula is C11H11ClN2O6. The van der Waals surface area contributed by atoms with E-state index in [1.165, 1.54) is 13.2 Å². The standard InChI is InChI=1S/C11H11ClN2O6/c1-20-5-8(11(16)17)13-10(15)7-4-6(12)2-3-9(7)14(18)19/h2-4,8H,5H2,1H3,(H,13,15)(H,16,17). The van der Waals surface area contributed by atoms with E-state index in [0.29, 0.717) is 0 Å². The number of amides is 1. The number of rotatable bonds is 6. The third-order valence-electron chi connectivity index (χ3n) is 2.34. The van der Waals surface area contributed by atoms with Gasteiger partial charge in [0.05, 0.1) is 11.5 Å². The van der Waals surface area contributed by atoms with Crippen LogP contribution in [0.25, 0.3) is 0 Å². The summed E-state index contributed by atoms with van der Waals surface area (Å²) in [5.74, 6) is -2.23. The number of nitro groups is 1. The number of aliphatic carboxylic acids is 1. The number of carbonyl (C=O) groups excluding carboxylic acids is 1. The van der Waals surface area contributed by atoms with Gasteiger partial charge in [0, 0.05) is 18.2 Å². The first-order valence-corrected chi connectivity index (χ1v) is 5.71. The molecule has 1 aromatic rings. The number of carboxylic acid groups (broad SMARTS) is 1. The van der Waals surface area contributed by atoms with Crippen molar-refractivity contribution in [3.63, 3.8) is 0 Å². The summed E-state index contributed by atoms with van der Waals surface area (Å²) in [6.45, 7) is -0.268. The predicted octanol–water partition coefficient (Wildman–Crippen LogP) is 1.08. The molecule has 0 fully saturated rings. The van der Waals surface area contributed by atoms with Crippen LogP contribution in [0.2, 0.25) is 5.02 Å². The van der Waals surface area contributed by atoms with Crippen molar-refractivity contribution in [2.24, 2.45) is 0 Å². The number of nitrogens with zero attached hydrogens (tertiary/aromatic N) is 1. The fourth-order valence-corrected chi connectivity index (χ4v) is 1.60. The number of hydrogen-bond donors (Lipinski definition) is 2. The average molecular weight is 303 g/mol. The minimum Gasteiger partial charge on any atom is -0.480 e. The fourth-order valence-electron chi connectivity index (χ4n) is 1.43. The molecule has 0 spiro atoms. The van der Waals surface area contributed by atoms with Gasteiger partial charge in [-0.05, 0) is 12.1 Å². The van der Waals surface area contributed by atoms with Gasteiger partial charge in [0.25, 0.3) is 11.6 Å². The van der Waals surface area contributed by atoms with Crippen LogP contribution in [-0.2, 0) is 9.53 Å². The average Bonchev–Trinajstić information content (AvgIpc) is 2.37. The molecule has 1 atom stereocenters. The Hall–Kier alpha value is -2.19. The SMILES string of the molecule is COCC(NC(=O)c1cc(Cl)ccc1[N+](=O)[O-])C(=O)O. The topological polar surface area (TPSA) is 119 Å². The highest BCUT2D eigenvalue weighted by Crippen LogP contribution is 2.22. The highest BCUT2D eigenvalue weighted by Gasteiger charge is 2.25. The lowest BCUT2D eigenvalue weighted by Crippen LogP contribution is -2.43. The molecule has 0 saturated carbocycles. The van der Waals surface area contributed by atoms with Crippen molar-refractivity contribution < 1.29 is 24.4 Å². The maximum atomic E-state index is 11.9. The normalized spacial score (nSPS) is 11.7. The second-order valence-corrected chi connectivity index (χ2v) is 4.17. The van der Waals surface area contributed by atoms with Crippen LogP contribution < -0.4 is 5.32 Å². The number of carboxylic acids is 1. The van der Waals surface area contributed by atoms with Crippen molar-refractivity contribution in [3.05, 3.63) is 38.9 Å². The highest BCUT2D eigenvalue weighted by atomic mass is 35.5. The van der Waals surface area contributed by atoms with Crippen LogP contribution >= 0.6 is 11.6 Å². The molecule has 108 valence electrons. The van der Waals surface area contributed by atoms with Crippen LogP contribution in [0.1, 0.15) is 10.4 Å². The molecular weight excluding hydrogens is 292 g/mol. The van der Waals surface area contributed by atoms with Crippen molar-refractivity contribution in [2.45, 2.75) is 6.04 Å². The lowest BCUT2D eigenvalue weighted by Gasteiger charge is -2.13. The smallest absolute Gasteiger partial charge is 0.328 e. The van der Waals surface area contributed by atoms with E-state index in [2.05, 4.69) is 10.1 Å². The number of benzene rings is 1. The maximum absolute atomic E-state index is 11.9. The van der Waals surface area contributed by atoms with Crippen LogP contribution in [0.3, 0.4) is 0 Å². The number of ether oxygens (including phenoxy) is 1. The minimum absolute atomic E-state index is 0.124. The molecule has 1 amide bonds. The van der Waals surface area contributed by atoms with Gasteiger partial charge in [0.2, 0.25) is 0 Å². The van der Waals surface area contributed by atoms with E-state index in [1.807, 2.05) is 0 Å². The first-order chi connectivity index (χ1) is 9.36. The Bertz CT molecular complexity index is 548. The first-order valence-electron chi connectivity index (χ1n) is 5.33. The number of nitrogens with one attached hydrogen (secondary N) is 1. The van der Waals surface area contributed by atoms with E-state index in [-0.39, 0.29) is 17.2 Å². The molecule has 1 aromatic carbocycles. The van der Waals surface area contributed by atoms with Crippen LogP contribution in [0.15, 0.2) is 18.2 Å². The number of methoxy groups -OCH3 is 1. The van der Waals surface area contributed by atoms with E-state index in [1.54, 1.807) is 0 Å². The Kier molecular flexibility index (Phi) is 5.42. The molecule has 0 heterocycles. The molecule has 0 aliphatic rings. The number of nitro benzene ring substituents is 1. The molecule has 9 heteroatoms. The van der Waals surface area contributed by atoms with E-state index in [4.69, 9.17) is 16.7 Å². The largest absolute Gasteiger partial charge is 0.480 e. The summed E-state index contributed by atoms with van der Waals surface area (Å²) in [6.07, 6.45) is 0. The number of carbonyl (C=O) groups is 2. The van der Waals surface area contributed by atoms with Crippen LogP contribution in [-0.4, -0.2) is 41.7 Å². The highest BCUT2D eigenvalue weighted by molar-refractivity contribution is 6.31. The van der Waals surface area contributed by atoms with Gasteiger partial charge in [0.1, 0.15) is 5.56 Å². The van der Waals surface area contributed by atoms with Gasteiger partial charge in [-0.15, -0.1) is 0 Å². The molecule has 0 aromatic heterocycles.